The van der Waals surface area contributed by atoms with Crippen LogP contribution < -0.4 is 5.32 Å². The van der Waals surface area contributed by atoms with E-state index in [1.807, 2.05) is 12.1 Å². The van der Waals surface area contributed by atoms with E-state index in [9.17, 15) is 5.11 Å². The van der Waals surface area contributed by atoms with Gasteiger partial charge in [-0.2, -0.15) is 0 Å². The molecule has 0 radical (unpaired) electrons. The van der Waals surface area contributed by atoms with Crippen LogP contribution in [0.3, 0.4) is 0 Å². The summed E-state index contributed by atoms with van der Waals surface area (Å²) in [6, 6.07) is 3.78. The number of hydrogen-bond acceptors (Lipinski definition) is 6. The fourth-order valence-corrected chi connectivity index (χ4v) is 2.53. The van der Waals surface area contributed by atoms with Gasteiger partial charge in [-0.1, -0.05) is 0 Å². The Hall–Kier alpha value is -2.05. The minimum Gasteiger partial charge on any atom is -0.393 e. The van der Waals surface area contributed by atoms with Crippen molar-refractivity contribution in [3.05, 3.63) is 35.8 Å². The number of hydrogen-bond donors (Lipinski definition) is 3. The Bertz CT molecular complexity index is 659. The van der Waals surface area contributed by atoms with Gasteiger partial charge in [0, 0.05) is 35.8 Å². The van der Waals surface area contributed by atoms with Crippen molar-refractivity contribution in [3.63, 3.8) is 0 Å². The average molecular weight is 300 g/mol. The number of aliphatic hydroxyl groups is 2. The Balaban J connectivity index is 1.93. The molecule has 22 heavy (non-hydrogen) atoms. The van der Waals surface area contributed by atoms with Gasteiger partial charge in [0.25, 0.3) is 0 Å². The van der Waals surface area contributed by atoms with E-state index < -0.39 is 5.60 Å². The zero-order valence-electron chi connectivity index (χ0n) is 12.6. The number of aryl methyl sites for hydroxylation is 1. The Morgan fingerprint density at radius 2 is 2.18 bits per heavy atom. The molecule has 3 N–H and O–H groups in total. The summed E-state index contributed by atoms with van der Waals surface area (Å²) in [7, 11) is 0. The Labute approximate surface area is 129 Å². The highest BCUT2D eigenvalue weighted by molar-refractivity contribution is 5.59. The maximum atomic E-state index is 9.95. The van der Waals surface area contributed by atoms with Gasteiger partial charge in [0.05, 0.1) is 6.61 Å². The van der Waals surface area contributed by atoms with Crippen molar-refractivity contribution in [2.75, 3.05) is 18.5 Å². The molecule has 6 nitrogen and oxygen atoms in total. The number of nitrogens with zero attached hydrogens (tertiary/aromatic N) is 3. The number of anilines is 1. The largest absolute Gasteiger partial charge is 0.393 e. The second kappa shape index (κ2) is 5.98. The normalized spacial score (nSPS) is 16.1. The van der Waals surface area contributed by atoms with Gasteiger partial charge in [-0.25, -0.2) is 9.97 Å². The van der Waals surface area contributed by atoms with Crippen LogP contribution in [-0.2, 0) is 12.8 Å². The van der Waals surface area contributed by atoms with Crippen LogP contribution in [0.1, 0.15) is 24.6 Å². The average Bonchev–Trinajstić information content (AvgIpc) is 3.02. The van der Waals surface area contributed by atoms with E-state index in [-0.39, 0.29) is 13.2 Å². The van der Waals surface area contributed by atoms with Crippen LogP contribution >= 0.6 is 0 Å². The zero-order chi connectivity index (χ0) is 15.6. The van der Waals surface area contributed by atoms with Gasteiger partial charge in [0.15, 0.2) is 5.82 Å². The van der Waals surface area contributed by atoms with Crippen molar-refractivity contribution >= 4 is 5.82 Å². The second-order valence-corrected chi connectivity index (χ2v) is 5.92. The summed E-state index contributed by atoms with van der Waals surface area (Å²) in [4.78, 5) is 13.4. The van der Waals surface area contributed by atoms with E-state index in [1.165, 1.54) is 0 Å². The third-order valence-electron chi connectivity index (χ3n) is 3.83. The van der Waals surface area contributed by atoms with Gasteiger partial charge in [-0.3, -0.25) is 4.98 Å². The first-order valence-electron chi connectivity index (χ1n) is 7.46. The van der Waals surface area contributed by atoms with Crippen molar-refractivity contribution in [2.24, 2.45) is 0 Å². The third kappa shape index (κ3) is 3.08. The van der Waals surface area contributed by atoms with E-state index >= 15 is 0 Å². The maximum Gasteiger partial charge on any atom is 0.163 e. The highest BCUT2D eigenvalue weighted by Crippen LogP contribution is 2.29. The zero-order valence-corrected chi connectivity index (χ0v) is 12.6. The number of aromatic nitrogens is 3. The van der Waals surface area contributed by atoms with Crippen LogP contribution in [0.5, 0.6) is 0 Å². The summed E-state index contributed by atoms with van der Waals surface area (Å²) in [5.74, 6) is 1.38. The van der Waals surface area contributed by atoms with Gasteiger partial charge in [-0.05, 0) is 38.3 Å². The lowest BCUT2D eigenvalue weighted by Gasteiger charge is -2.22. The Kier molecular flexibility index (Phi) is 4.04. The lowest BCUT2D eigenvalue weighted by atomic mass is 10.1. The fourth-order valence-electron chi connectivity index (χ4n) is 2.53. The van der Waals surface area contributed by atoms with Crippen molar-refractivity contribution in [2.45, 2.75) is 31.8 Å². The second-order valence-electron chi connectivity index (χ2n) is 5.92. The minimum absolute atomic E-state index is 0.236. The number of pyridine rings is 1. The predicted molar refractivity (Wildman–Crippen MR) is 83.5 cm³/mol. The number of fused-ring (bicyclic) bond motifs is 1. The number of nitrogens with one attached hydrogen (secondary N) is 1. The quantitative estimate of drug-likeness (QED) is 0.768. The van der Waals surface area contributed by atoms with E-state index in [0.717, 1.165) is 41.9 Å². The molecule has 0 amide bonds. The topological polar surface area (TPSA) is 91.2 Å². The molecule has 0 aliphatic heterocycles. The van der Waals surface area contributed by atoms with Crippen LogP contribution in [0.2, 0.25) is 0 Å². The van der Waals surface area contributed by atoms with Crippen LogP contribution in [0.15, 0.2) is 24.5 Å². The van der Waals surface area contributed by atoms with Gasteiger partial charge >= 0.3 is 0 Å². The van der Waals surface area contributed by atoms with Crippen molar-refractivity contribution in [3.8, 4) is 11.4 Å². The molecule has 0 bridgehead atoms. The van der Waals surface area contributed by atoms with Gasteiger partial charge < -0.3 is 15.5 Å². The molecule has 2 aromatic rings. The molecule has 2 heterocycles. The molecule has 1 aliphatic rings. The first kappa shape index (κ1) is 14.9. The molecule has 0 saturated carbocycles. The van der Waals surface area contributed by atoms with E-state index in [1.54, 1.807) is 19.3 Å². The standard InChI is InChI=1S/C16H20N4O2/c1-16(22,10-21)9-18-15-12-5-2-6-13(12)19-14(20-15)11-4-3-7-17-8-11/h3-4,7-8,21-22H,2,5-6,9-10H2,1H3,(H,18,19,20). The molecule has 0 aromatic carbocycles. The molecule has 1 unspecified atom stereocenters. The highest BCUT2D eigenvalue weighted by atomic mass is 16.3. The molecule has 6 heteroatoms. The molecule has 1 atom stereocenters. The third-order valence-corrected chi connectivity index (χ3v) is 3.83. The predicted octanol–water partition coefficient (Wildman–Crippen LogP) is 1.18. The van der Waals surface area contributed by atoms with Crippen LogP contribution in [0.4, 0.5) is 5.82 Å². The van der Waals surface area contributed by atoms with Crippen LogP contribution in [-0.4, -0.2) is 43.9 Å². The van der Waals surface area contributed by atoms with E-state index in [2.05, 4.69) is 20.3 Å². The van der Waals surface area contributed by atoms with Crippen molar-refractivity contribution < 1.29 is 10.2 Å². The fraction of sp³-hybridized carbons (Fsp3) is 0.438. The van der Waals surface area contributed by atoms with E-state index in [0.29, 0.717) is 5.82 Å². The molecule has 116 valence electrons. The lowest BCUT2D eigenvalue weighted by molar-refractivity contribution is 0.0131. The molecule has 3 rings (SSSR count). The monoisotopic (exact) mass is 300 g/mol. The van der Waals surface area contributed by atoms with Crippen LogP contribution in [0.25, 0.3) is 11.4 Å². The molecule has 0 saturated heterocycles. The summed E-state index contributed by atoms with van der Waals surface area (Å²) >= 11 is 0. The summed E-state index contributed by atoms with van der Waals surface area (Å²) in [5.41, 5.74) is 1.86. The number of rotatable bonds is 5. The van der Waals surface area contributed by atoms with Gasteiger partial charge in [0.1, 0.15) is 11.4 Å². The van der Waals surface area contributed by atoms with Crippen LogP contribution in [0, 0.1) is 0 Å². The maximum absolute atomic E-state index is 9.95. The van der Waals surface area contributed by atoms with Gasteiger partial charge in [-0.15, -0.1) is 0 Å². The molecule has 0 fully saturated rings. The lowest BCUT2D eigenvalue weighted by Crippen LogP contribution is -2.37. The van der Waals surface area contributed by atoms with Crippen molar-refractivity contribution in [1.29, 1.82) is 0 Å². The Morgan fingerprint density at radius 3 is 2.91 bits per heavy atom. The van der Waals surface area contributed by atoms with E-state index in [4.69, 9.17) is 5.11 Å². The summed E-state index contributed by atoms with van der Waals surface area (Å²) < 4.78 is 0. The molecular weight excluding hydrogens is 280 g/mol. The molecular formula is C16H20N4O2. The first-order valence-corrected chi connectivity index (χ1v) is 7.46. The molecule has 1 aliphatic carbocycles. The summed E-state index contributed by atoms with van der Waals surface area (Å²) in [6.07, 6.45) is 6.40. The smallest absolute Gasteiger partial charge is 0.163 e. The number of aliphatic hydroxyl groups excluding tert-OH is 1. The SMILES string of the molecule is CC(O)(CO)CNc1nc(-c2cccnc2)nc2c1CCC2. The highest BCUT2D eigenvalue weighted by Gasteiger charge is 2.23. The summed E-state index contributed by atoms with van der Waals surface area (Å²) in [6.45, 7) is 1.52. The minimum atomic E-state index is -1.18. The molecule has 2 aromatic heterocycles. The van der Waals surface area contributed by atoms with Crippen molar-refractivity contribution in [1.82, 2.24) is 15.0 Å². The summed E-state index contributed by atoms with van der Waals surface area (Å²) in [5, 5.41) is 22.3. The molecule has 0 spiro atoms. The van der Waals surface area contributed by atoms with Gasteiger partial charge in [0.2, 0.25) is 0 Å². The first-order chi connectivity index (χ1) is 10.6. The Morgan fingerprint density at radius 1 is 1.32 bits per heavy atom.